The molecule has 1 aromatic heterocycles. The molecule has 16 heavy (non-hydrogen) atoms. The SMILES string of the molecule is Cc1cc(C#CCCN=[N+]=[N-])cnc1C#N. The molecule has 78 valence electrons. The fraction of sp³-hybridized carbons (Fsp3) is 0.273. The molecule has 0 bridgehead atoms. The van der Waals surface area contributed by atoms with Gasteiger partial charge in [-0.1, -0.05) is 17.0 Å². The molecule has 0 fully saturated rings. The molecule has 1 aromatic rings. The number of hydrogen-bond donors (Lipinski definition) is 0. The number of nitriles is 1. The van der Waals surface area contributed by atoms with Gasteiger partial charge in [0.2, 0.25) is 0 Å². The highest BCUT2D eigenvalue weighted by atomic mass is 15.1. The molecule has 0 atom stereocenters. The number of azide groups is 1. The molecular weight excluding hydrogens is 202 g/mol. The topological polar surface area (TPSA) is 85.4 Å². The van der Waals surface area contributed by atoms with Crippen molar-refractivity contribution in [3.63, 3.8) is 0 Å². The highest BCUT2D eigenvalue weighted by Crippen LogP contribution is 2.05. The summed E-state index contributed by atoms with van der Waals surface area (Å²) in [7, 11) is 0. The lowest BCUT2D eigenvalue weighted by atomic mass is 10.1. The van der Waals surface area contributed by atoms with Gasteiger partial charge in [-0.3, -0.25) is 0 Å². The zero-order valence-electron chi connectivity index (χ0n) is 8.80. The van der Waals surface area contributed by atoms with Gasteiger partial charge in [0, 0.05) is 29.6 Å². The zero-order valence-corrected chi connectivity index (χ0v) is 8.80. The van der Waals surface area contributed by atoms with Gasteiger partial charge in [-0.15, -0.1) is 0 Å². The van der Waals surface area contributed by atoms with Crippen molar-refractivity contribution >= 4 is 0 Å². The Hall–Kier alpha value is -2.49. The molecule has 1 heterocycles. The van der Waals surface area contributed by atoms with Crippen molar-refractivity contribution < 1.29 is 0 Å². The number of rotatable bonds is 2. The Morgan fingerprint density at radius 2 is 2.44 bits per heavy atom. The third kappa shape index (κ3) is 3.34. The van der Waals surface area contributed by atoms with Crippen molar-refractivity contribution in [2.24, 2.45) is 5.11 Å². The summed E-state index contributed by atoms with van der Waals surface area (Å²) in [6.45, 7) is 2.18. The number of aryl methyl sites for hydroxylation is 1. The maximum atomic E-state index is 8.69. The highest BCUT2D eigenvalue weighted by molar-refractivity contribution is 5.39. The van der Waals surface area contributed by atoms with Crippen molar-refractivity contribution in [1.29, 1.82) is 5.26 Å². The molecule has 1 rings (SSSR count). The van der Waals surface area contributed by atoms with Crippen LogP contribution in [0.25, 0.3) is 10.4 Å². The van der Waals surface area contributed by atoms with Crippen LogP contribution in [-0.4, -0.2) is 11.5 Å². The van der Waals surface area contributed by atoms with Gasteiger partial charge in [-0.05, 0) is 24.1 Å². The smallest absolute Gasteiger partial charge is 0.143 e. The molecule has 0 unspecified atom stereocenters. The van der Waals surface area contributed by atoms with Crippen LogP contribution in [0, 0.1) is 30.1 Å². The van der Waals surface area contributed by atoms with Gasteiger partial charge < -0.3 is 0 Å². The van der Waals surface area contributed by atoms with E-state index in [-0.39, 0.29) is 0 Å². The average Bonchev–Trinajstić information content (AvgIpc) is 2.29. The quantitative estimate of drug-likeness (QED) is 0.247. The van der Waals surface area contributed by atoms with Gasteiger partial charge in [0.25, 0.3) is 0 Å². The van der Waals surface area contributed by atoms with Crippen LogP contribution in [0.2, 0.25) is 0 Å². The first kappa shape index (κ1) is 11.6. The second kappa shape index (κ2) is 6.08. The Morgan fingerprint density at radius 1 is 1.62 bits per heavy atom. The van der Waals surface area contributed by atoms with E-state index in [4.69, 9.17) is 10.8 Å². The zero-order chi connectivity index (χ0) is 11.8. The summed E-state index contributed by atoms with van der Waals surface area (Å²) in [5.41, 5.74) is 10.0. The molecule has 0 spiro atoms. The normalized spacial score (nSPS) is 8.25. The predicted molar refractivity (Wildman–Crippen MR) is 59.2 cm³/mol. The van der Waals surface area contributed by atoms with E-state index in [1.807, 2.05) is 19.1 Å². The Labute approximate surface area is 93.4 Å². The second-order valence-electron chi connectivity index (χ2n) is 3.01. The lowest BCUT2D eigenvalue weighted by Crippen LogP contribution is -1.89. The molecule has 0 aliphatic heterocycles. The summed E-state index contributed by atoms with van der Waals surface area (Å²) in [5.74, 6) is 5.75. The lowest BCUT2D eigenvalue weighted by molar-refractivity contribution is 1.01. The van der Waals surface area contributed by atoms with Crippen LogP contribution in [-0.2, 0) is 0 Å². The highest BCUT2D eigenvalue weighted by Gasteiger charge is 1.97. The molecule has 0 aliphatic carbocycles. The van der Waals surface area contributed by atoms with Crippen molar-refractivity contribution in [1.82, 2.24) is 4.98 Å². The lowest BCUT2D eigenvalue weighted by Gasteiger charge is -1.95. The van der Waals surface area contributed by atoms with E-state index in [9.17, 15) is 0 Å². The first-order valence-corrected chi connectivity index (χ1v) is 4.64. The molecule has 0 amide bonds. The first-order valence-electron chi connectivity index (χ1n) is 4.64. The summed E-state index contributed by atoms with van der Waals surface area (Å²) >= 11 is 0. The molecule has 5 nitrogen and oxygen atoms in total. The first-order chi connectivity index (χ1) is 7.77. The predicted octanol–water partition coefficient (Wildman–Crippen LogP) is 2.31. The van der Waals surface area contributed by atoms with Crippen molar-refractivity contribution in [3.05, 3.63) is 39.5 Å². The maximum absolute atomic E-state index is 8.69. The minimum absolute atomic E-state index is 0.367. The van der Waals surface area contributed by atoms with Crippen LogP contribution in [0.3, 0.4) is 0 Å². The van der Waals surface area contributed by atoms with Crippen LogP contribution >= 0.6 is 0 Å². The number of hydrogen-bond acceptors (Lipinski definition) is 3. The van der Waals surface area contributed by atoms with Gasteiger partial charge in [0.15, 0.2) is 0 Å². The number of pyridine rings is 1. The standard InChI is InChI=1S/C11H9N5/c1-9-6-10(8-14-11(9)7-12)4-2-3-5-15-16-13/h6,8H,3,5H2,1H3. The summed E-state index contributed by atoms with van der Waals surface area (Å²) in [5, 5.41) is 12.1. The number of nitrogens with zero attached hydrogens (tertiary/aromatic N) is 5. The molecule has 0 saturated heterocycles. The van der Waals surface area contributed by atoms with Crippen LogP contribution in [0.4, 0.5) is 0 Å². The van der Waals surface area contributed by atoms with Crippen molar-refractivity contribution in [3.8, 4) is 17.9 Å². The maximum Gasteiger partial charge on any atom is 0.143 e. The largest absolute Gasteiger partial charge is 0.244 e. The molecule has 0 saturated carbocycles. The summed E-state index contributed by atoms with van der Waals surface area (Å²) in [4.78, 5) is 6.59. The Kier molecular flexibility index (Phi) is 4.40. The number of aromatic nitrogens is 1. The molecule has 0 N–H and O–H groups in total. The van der Waals surface area contributed by atoms with Crippen molar-refractivity contribution in [2.45, 2.75) is 13.3 Å². The monoisotopic (exact) mass is 211 g/mol. The molecular formula is C11H9N5. The van der Waals surface area contributed by atoms with E-state index < -0.39 is 0 Å². The molecule has 0 radical (unpaired) electrons. The summed E-state index contributed by atoms with van der Waals surface area (Å²) < 4.78 is 0. The Morgan fingerprint density at radius 3 is 3.06 bits per heavy atom. The van der Waals surface area contributed by atoms with Gasteiger partial charge in [0.05, 0.1) is 0 Å². The minimum atomic E-state index is 0.367. The Bertz CT molecular complexity index is 524. The van der Waals surface area contributed by atoms with Crippen molar-refractivity contribution in [2.75, 3.05) is 6.54 Å². The Balaban J connectivity index is 2.72. The fourth-order valence-corrected chi connectivity index (χ4v) is 1.08. The van der Waals surface area contributed by atoms with E-state index in [0.717, 1.165) is 11.1 Å². The third-order valence-corrected chi connectivity index (χ3v) is 1.82. The van der Waals surface area contributed by atoms with Crippen LogP contribution in [0.15, 0.2) is 17.4 Å². The van der Waals surface area contributed by atoms with Crippen LogP contribution < -0.4 is 0 Å². The summed E-state index contributed by atoms with van der Waals surface area (Å²) in [6.07, 6.45) is 2.08. The van der Waals surface area contributed by atoms with E-state index >= 15 is 0 Å². The van der Waals surface area contributed by atoms with E-state index in [1.54, 1.807) is 6.20 Å². The average molecular weight is 211 g/mol. The van der Waals surface area contributed by atoms with Gasteiger partial charge in [-0.2, -0.15) is 5.26 Å². The van der Waals surface area contributed by atoms with Gasteiger partial charge in [-0.25, -0.2) is 4.98 Å². The fourth-order valence-electron chi connectivity index (χ4n) is 1.08. The third-order valence-electron chi connectivity index (χ3n) is 1.82. The second-order valence-corrected chi connectivity index (χ2v) is 3.01. The van der Waals surface area contributed by atoms with Crippen LogP contribution in [0.5, 0.6) is 0 Å². The van der Waals surface area contributed by atoms with Gasteiger partial charge >= 0.3 is 0 Å². The molecule has 5 heteroatoms. The van der Waals surface area contributed by atoms with Crippen LogP contribution in [0.1, 0.15) is 23.2 Å². The molecule has 0 aromatic carbocycles. The minimum Gasteiger partial charge on any atom is -0.244 e. The van der Waals surface area contributed by atoms with Gasteiger partial charge in [0.1, 0.15) is 11.8 Å². The van der Waals surface area contributed by atoms with E-state index in [2.05, 4.69) is 26.9 Å². The van der Waals surface area contributed by atoms with E-state index in [0.29, 0.717) is 18.7 Å². The summed E-state index contributed by atoms with van der Waals surface area (Å²) in [6, 6.07) is 3.80. The van der Waals surface area contributed by atoms with E-state index in [1.165, 1.54) is 0 Å². The molecule has 0 aliphatic rings.